The van der Waals surface area contributed by atoms with Gasteiger partial charge in [0.25, 0.3) is 0 Å². The van der Waals surface area contributed by atoms with Gasteiger partial charge in [-0.2, -0.15) is 0 Å². The normalized spacial score (nSPS) is 45.0. The van der Waals surface area contributed by atoms with Crippen molar-refractivity contribution in [3.63, 3.8) is 0 Å². The molecule has 1 saturated carbocycles. The lowest BCUT2D eigenvalue weighted by Gasteiger charge is -2.01. The largest absolute Gasteiger partial charge is 0.298 e. The van der Waals surface area contributed by atoms with Crippen LogP contribution in [0.1, 0.15) is 19.3 Å². The summed E-state index contributed by atoms with van der Waals surface area (Å²) in [6, 6.07) is 0. The zero-order valence-corrected chi connectivity index (χ0v) is 4.89. The molecule has 2 rings (SSSR count). The van der Waals surface area contributed by atoms with Crippen LogP contribution in [0.4, 0.5) is 0 Å². The topological polar surface area (TPSA) is 21.3 Å². The van der Waals surface area contributed by atoms with Crippen LogP contribution in [0.15, 0.2) is 0 Å². The van der Waals surface area contributed by atoms with Crippen LogP contribution in [-0.4, -0.2) is 12.6 Å². The fourth-order valence-electron chi connectivity index (χ4n) is 1.65. The molecule has 46 valence electrons. The Hall–Kier alpha value is -0.0800. The maximum absolute atomic E-state index is 5.23. The molecule has 0 bridgehead atoms. The quantitative estimate of drug-likeness (QED) is 0.499. The maximum Gasteiger partial charge on any atom is 0.0831 e. The first-order valence-corrected chi connectivity index (χ1v) is 3.35. The molecule has 8 heavy (non-hydrogen) atoms. The fourth-order valence-corrected chi connectivity index (χ4v) is 1.65. The van der Waals surface area contributed by atoms with Crippen LogP contribution < -0.4 is 5.48 Å². The van der Waals surface area contributed by atoms with E-state index in [0.717, 1.165) is 12.5 Å². The summed E-state index contributed by atoms with van der Waals surface area (Å²) in [5.41, 5.74) is 2.92. The first kappa shape index (κ1) is 4.77. The molecule has 0 radical (unpaired) electrons. The standard InChI is InChI=1S/C6H11NO/c1-2-5-4-7-8-6(5)3-1/h5-7H,1-4H2. The minimum atomic E-state index is 0.565. The summed E-state index contributed by atoms with van der Waals surface area (Å²) in [6.07, 6.45) is 4.58. The van der Waals surface area contributed by atoms with Gasteiger partial charge in [0.1, 0.15) is 0 Å². The zero-order valence-electron chi connectivity index (χ0n) is 4.89. The Labute approximate surface area is 49.2 Å². The smallest absolute Gasteiger partial charge is 0.0831 e. The Morgan fingerprint density at radius 3 is 3.25 bits per heavy atom. The predicted octanol–water partition coefficient (Wildman–Crippen LogP) is 0.690. The summed E-state index contributed by atoms with van der Waals surface area (Å²) in [5, 5.41) is 0. The molecule has 1 aliphatic heterocycles. The van der Waals surface area contributed by atoms with Crippen molar-refractivity contribution >= 4 is 0 Å². The molecule has 2 aliphatic rings. The average Bonchev–Trinajstić information content (AvgIpc) is 2.15. The Bertz CT molecular complexity index is 74.5. The first-order chi connectivity index (χ1) is 3.97. The number of hydrogen-bond acceptors (Lipinski definition) is 2. The number of hydroxylamine groups is 1. The van der Waals surface area contributed by atoms with Gasteiger partial charge in [0.15, 0.2) is 0 Å². The van der Waals surface area contributed by atoms with E-state index < -0.39 is 0 Å². The van der Waals surface area contributed by atoms with E-state index in [-0.39, 0.29) is 0 Å². The second kappa shape index (κ2) is 1.71. The molecule has 0 amide bonds. The minimum absolute atomic E-state index is 0.565. The van der Waals surface area contributed by atoms with Crippen molar-refractivity contribution in [3.05, 3.63) is 0 Å². The molecule has 2 nitrogen and oxygen atoms in total. The SMILES string of the molecule is C1CC2CNOC2C1. The van der Waals surface area contributed by atoms with Gasteiger partial charge in [-0.05, 0) is 12.8 Å². The Kier molecular flexibility index (Phi) is 1.02. The third-order valence-corrected chi connectivity index (χ3v) is 2.17. The van der Waals surface area contributed by atoms with Crippen molar-refractivity contribution in [2.24, 2.45) is 5.92 Å². The van der Waals surface area contributed by atoms with Crippen LogP contribution in [0.2, 0.25) is 0 Å². The van der Waals surface area contributed by atoms with Crippen LogP contribution in [0.5, 0.6) is 0 Å². The summed E-state index contributed by atoms with van der Waals surface area (Å²) in [5.74, 6) is 0.843. The van der Waals surface area contributed by atoms with Gasteiger partial charge in [-0.1, -0.05) is 6.42 Å². The van der Waals surface area contributed by atoms with Crippen LogP contribution in [0.3, 0.4) is 0 Å². The molecule has 0 aromatic rings. The molecule has 0 aromatic carbocycles. The van der Waals surface area contributed by atoms with E-state index in [0.29, 0.717) is 6.10 Å². The lowest BCUT2D eigenvalue weighted by Crippen LogP contribution is -2.08. The van der Waals surface area contributed by atoms with E-state index in [1.807, 2.05) is 0 Å². The van der Waals surface area contributed by atoms with E-state index in [1.54, 1.807) is 0 Å². The molecular weight excluding hydrogens is 102 g/mol. The van der Waals surface area contributed by atoms with Crippen molar-refractivity contribution < 1.29 is 4.84 Å². The molecule has 2 atom stereocenters. The van der Waals surface area contributed by atoms with Gasteiger partial charge in [0, 0.05) is 12.5 Å². The molecule has 1 heterocycles. The highest BCUT2D eigenvalue weighted by Crippen LogP contribution is 2.30. The van der Waals surface area contributed by atoms with Gasteiger partial charge < -0.3 is 0 Å². The van der Waals surface area contributed by atoms with Crippen LogP contribution in [-0.2, 0) is 4.84 Å². The average molecular weight is 113 g/mol. The van der Waals surface area contributed by atoms with Gasteiger partial charge in [-0.25, -0.2) is 5.48 Å². The number of hydrogen-bond donors (Lipinski definition) is 1. The minimum Gasteiger partial charge on any atom is -0.298 e. The number of fused-ring (bicyclic) bond motifs is 1. The van der Waals surface area contributed by atoms with Gasteiger partial charge in [0.2, 0.25) is 0 Å². The molecular formula is C6H11NO. The number of rotatable bonds is 0. The van der Waals surface area contributed by atoms with Crippen LogP contribution in [0.25, 0.3) is 0 Å². The van der Waals surface area contributed by atoms with Crippen molar-refractivity contribution in [3.8, 4) is 0 Å². The summed E-state index contributed by atoms with van der Waals surface area (Å²) in [6.45, 7) is 1.09. The molecule has 0 spiro atoms. The van der Waals surface area contributed by atoms with E-state index in [4.69, 9.17) is 4.84 Å². The van der Waals surface area contributed by atoms with Gasteiger partial charge in [0.05, 0.1) is 6.10 Å². The Morgan fingerprint density at radius 2 is 2.38 bits per heavy atom. The summed E-state index contributed by atoms with van der Waals surface area (Å²) < 4.78 is 0. The predicted molar refractivity (Wildman–Crippen MR) is 30.2 cm³/mol. The molecule has 0 aromatic heterocycles. The lowest BCUT2D eigenvalue weighted by atomic mass is 10.1. The lowest BCUT2D eigenvalue weighted by molar-refractivity contribution is 0.0301. The Balaban J connectivity index is 2.04. The third kappa shape index (κ3) is 0.565. The monoisotopic (exact) mass is 113 g/mol. The van der Waals surface area contributed by atoms with Crippen LogP contribution in [0, 0.1) is 5.92 Å². The first-order valence-electron chi connectivity index (χ1n) is 3.35. The molecule has 2 heteroatoms. The molecule has 1 N–H and O–H groups in total. The highest BCUT2D eigenvalue weighted by molar-refractivity contribution is 4.81. The number of nitrogens with one attached hydrogen (secondary N) is 1. The van der Waals surface area contributed by atoms with E-state index in [1.165, 1.54) is 19.3 Å². The molecule has 2 unspecified atom stereocenters. The highest BCUT2D eigenvalue weighted by Gasteiger charge is 2.32. The zero-order chi connectivity index (χ0) is 5.40. The van der Waals surface area contributed by atoms with Crippen LogP contribution >= 0.6 is 0 Å². The summed E-state index contributed by atoms with van der Waals surface area (Å²) >= 11 is 0. The molecule has 2 fully saturated rings. The Morgan fingerprint density at radius 1 is 1.38 bits per heavy atom. The van der Waals surface area contributed by atoms with Crippen molar-refractivity contribution in [1.29, 1.82) is 0 Å². The van der Waals surface area contributed by atoms with Gasteiger partial charge >= 0.3 is 0 Å². The maximum atomic E-state index is 5.23. The van der Waals surface area contributed by atoms with E-state index >= 15 is 0 Å². The molecule has 1 saturated heterocycles. The second-order valence-electron chi connectivity index (χ2n) is 2.70. The van der Waals surface area contributed by atoms with Crippen molar-refractivity contribution in [2.75, 3.05) is 6.54 Å². The molecule has 1 aliphatic carbocycles. The third-order valence-electron chi connectivity index (χ3n) is 2.17. The van der Waals surface area contributed by atoms with E-state index in [9.17, 15) is 0 Å². The van der Waals surface area contributed by atoms with Gasteiger partial charge in [-0.15, -0.1) is 0 Å². The second-order valence-corrected chi connectivity index (χ2v) is 2.70. The summed E-state index contributed by atoms with van der Waals surface area (Å²) in [4.78, 5) is 5.23. The van der Waals surface area contributed by atoms with E-state index in [2.05, 4.69) is 5.48 Å². The summed E-state index contributed by atoms with van der Waals surface area (Å²) in [7, 11) is 0. The highest BCUT2D eigenvalue weighted by atomic mass is 16.7. The van der Waals surface area contributed by atoms with Crippen molar-refractivity contribution in [1.82, 2.24) is 5.48 Å². The van der Waals surface area contributed by atoms with Gasteiger partial charge in [-0.3, -0.25) is 4.84 Å². The van der Waals surface area contributed by atoms with Crippen molar-refractivity contribution in [2.45, 2.75) is 25.4 Å². The fraction of sp³-hybridized carbons (Fsp3) is 1.00.